The van der Waals surface area contributed by atoms with Gasteiger partial charge in [-0.15, -0.1) is 0 Å². The van der Waals surface area contributed by atoms with Gasteiger partial charge in [0.05, 0.1) is 25.5 Å². The van der Waals surface area contributed by atoms with Crippen LogP contribution in [-0.2, 0) is 0 Å². The molecule has 0 bridgehead atoms. The third kappa shape index (κ3) is 3.39. The average molecular weight is 285 g/mol. The van der Waals surface area contributed by atoms with E-state index in [1.54, 1.807) is 12.3 Å². The second-order valence-corrected chi connectivity index (χ2v) is 4.20. The van der Waals surface area contributed by atoms with Crippen LogP contribution in [0.3, 0.4) is 0 Å². The number of methoxy groups -OCH3 is 2. The van der Waals surface area contributed by atoms with Gasteiger partial charge >= 0.3 is 5.97 Å². The summed E-state index contributed by atoms with van der Waals surface area (Å²) in [7, 11) is 2.94. The Labute approximate surface area is 122 Å². The Morgan fingerprint density at radius 3 is 2.29 bits per heavy atom. The van der Waals surface area contributed by atoms with E-state index in [-0.39, 0.29) is 5.56 Å². The molecule has 2 aromatic carbocycles. The van der Waals surface area contributed by atoms with E-state index >= 15 is 0 Å². The van der Waals surface area contributed by atoms with Crippen LogP contribution in [-0.4, -0.2) is 31.5 Å². The van der Waals surface area contributed by atoms with Crippen molar-refractivity contribution in [1.29, 1.82) is 0 Å². The number of aromatic carboxylic acids is 1. The first kappa shape index (κ1) is 14.6. The van der Waals surface area contributed by atoms with Crippen LogP contribution in [0.15, 0.2) is 47.5 Å². The predicted molar refractivity (Wildman–Crippen MR) is 80.2 cm³/mol. The maximum absolute atomic E-state index is 11.3. The standard InChI is InChI=1S/C16H15NO4/c1-20-14-8-12(16(18)19)13(9-15(14)21-2)17-10-11-6-4-3-5-7-11/h3-10H,1-2H3,(H,18,19). The van der Waals surface area contributed by atoms with E-state index in [1.165, 1.54) is 20.3 Å². The van der Waals surface area contributed by atoms with Crippen LogP contribution < -0.4 is 9.47 Å². The minimum absolute atomic E-state index is 0.0554. The van der Waals surface area contributed by atoms with Gasteiger partial charge in [-0.05, 0) is 5.56 Å². The van der Waals surface area contributed by atoms with Gasteiger partial charge in [-0.2, -0.15) is 0 Å². The van der Waals surface area contributed by atoms with Gasteiger partial charge in [0.15, 0.2) is 11.5 Å². The summed E-state index contributed by atoms with van der Waals surface area (Å²) in [6, 6.07) is 12.4. The molecule has 5 nitrogen and oxygen atoms in total. The first-order chi connectivity index (χ1) is 10.2. The van der Waals surface area contributed by atoms with Crippen LogP contribution in [0, 0.1) is 0 Å². The van der Waals surface area contributed by atoms with Crippen LogP contribution in [0.25, 0.3) is 0 Å². The minimum Gasteiger partial charge on any atom is -0.493 e. The number of carboxylic acids is 1. The molecule has 2 rings (SSSR count). The molecule has 108 valence electrons. The summed E-state index contributed by atoms with van der Waals surface area (Å²) in [4.78, 5) is 15.6. The predicted octanol–water partition coefficient (Wildman–Crippen LogP) is 3.15. The average Bonchev–Trinajstić information content (AvgIpc) is 2.52. The van der Waals surface area contributed by atoms with Crippen molar-refractivity contribution in [3.05, 3.63) is 53.6 Å². The Balaban J connectivity index is 2.46. The monoisotopic (exact) mass is 285 g/mol. The molecule has 0 aliphatic carbocycles. The Bertz CT molecular complexity index is 665. The van der Waals surface area contributed by atoms with E-state index in [2.05, 4.69) is 4.99 Å². The zero-order chi connectivity index (χ0) is 15.2. The molecule has 0 radical (unpaired) electrons. The van der Waals surface area contributed by atoms with Gasteiger partial charge in [-0.1, -0.05) is 30.3 Å². The molecule has 0 aliphatic rings. The second kappa shape index (κ2) is 6.56. The molecule has 0 atom stereocenters. The quantitative estimate of drug-likeness (QED) is 0.857. The molecule has 1 N–H and O–H groups in total. The zero-order valence-electron chi connectivity index (χ0n) is 11.7. The van der Waals surface area contributed by atoms with Crippen molar-refractivity contribution in [2.24, 2.45) is 4.99 Å². The first-order valence-electron chi connectivity index (χ1n) is 6.24. The fourth-order valence-electron chi connectivity index (χ4n) is 1.83. The van der Waals surface area contributed by atoms with Crippen LogP contribution in [0.2, 0.25) is 0 Å². The lowest BCUT2D eigenvalue weighted by atomic mass is 10.1. The topological polar surface area (TPSA) is 68.1 Å². The van der Waals surface area contributed by atoms with Gasteiger partial charge in [-0.3, -0.25) is 4.99 Å². The summed E-state index contributed by atoms with van der Waals surface area (Å²) < 4.78 is 10.3. The molecular weight excluding hydrogens is 270 g/mol. The number of aliphatic imine (C=N–C) groups is 1. The van der Waals surface area contributed by atoms with E-state index in [9.17, 15) is 9.90 Å². The molecule has 0 amide bonds. The highest BCUT2D eigenvalue weighted by atomic mass is 16.5. The van der Waals surface area contributed by atoms with E-state index in [0.29, 0.717) is 17.2 Å². The lowest BCUT2D eigenvalue weighted by Gasteiger charge is -2.10. The number of rotatable bonds is 5. The van der Waals surface area contributed by atoms with E-state index in [0.717, 1.165) is 5.56 Å². The fourth-order valence-corrected chi connectivity index (χ4v) is 1.83. The zero-order valence-corrected chi connectivity index (χ0v) is 11.7. The third-order valence-corrected chi connectivity index (χ3v) is 2.88. The molecule has 0 fully saturated rings. The number of hydrogen-bond donors (Lipinski definition) is 1. The normalized spacial score (nSPS) is 10.6. The van der Waals surface area contributed by atoms with Crippen molar-refractivity contribution < 1.29 is 19.4 Å². The maximum Gasteiger partial charge on any atom is 0.338 e. The smallest absolute Gasteiger partial charge is 0.338 e. The van der Waals surface area contributed by atoms with Crippen LogP contribution in [0.5, 0.6) is 11.5 Å². The molecule has 21 heavy (non-hydrogen) atoms. The van der Waals surface area contributed by atoms with Crippen LogP contribution in [0.4, 0.5) is 5.69 Å². The number of benzene rings is 2. The van der Waals surface area contributed by atoms with Crippen molar-refractivity contribution in [2.45, 2.75) is 0 Å². The summed E-state index contributed by atoms with van der Waals surface area (Å²) in [5, 5.41) is 9.28. The molecule has 0 saturated heterocycles. The number of nitrogens with zero attached hydrogens (tertiary/aromatic N) is 1. The second-order valence-electron chi connectivity index (χ2n) is 4.20. The van der Waals surface area contributed by atoms with Crippen molar-refractivity contribution in [3.8, 4) is 11.5 Å². The van der Waals surface area contributed by atoms with Crippen molar-refractivity contribution in [2.75, 3.05) is 14.2 Å². The van der Waals surface area contributed by atoms with Crippen molar-refractivity contribution >= 4 is 17.9 Å². The molecule has 0 spiro atoms. The van der Waals surface area contributed by atoms with Gasteiger partial charge in [0.25, 0.3) is 0 Å². The molecule has 0 aromatic heterocycles. The lowest BCUT2D eigenvalue weighted by Crippen LogP contribution is -2.00. The Kier molecular flexibility index (Phi) is 4.56. The fraction of sp³-hybridized carbons (Fsp3) is 0.125. The molecule has 0 heterocycles. The van der Waals surface area contributed by atoms with Gasteiger partial charge in [0.1, 0.15) is 0 Å². The summed E-state index contributed by atoms with van der Waals surface area (Å²) in [5.41, 5.74) is 1.24. The van der Waals surface area contributed by atoms with Gasteiger partial charge in [-0.25, -0.2) is 4.79 Å². The summed E-state index contributed by atoms with van der Waals surface area (Å²) in [6.45, 7) is 0. The Hall–Kier alpha value is -2.82. The van der Waals surface area contributed by atoms with Crippen molar-refractivity contribution in [3.63, 3.8) is 0 Å². The minimum atomic E-state index is -1.07. The largest absolute Gasteiger partial charge is 0.493 e. The highest BCUT2D eigenvalue weighted by Gasteiger charge is 2.15. The maximum atomic E-state index is 11.3. The SMILES string of the molecule is COc1cc(N=Cc2ccccc2)c(C(=O)O)cc1OC. The molecule has 5 heteroatoms. The molecule has 0 unspecified atom stereocenters. The van der Waals surface area contributed by atoms with Gasteiger partial charge in [0.2, 0.25) is 0 Å². The molecule has 0 saturated carbocycles. The highest BCUT2D eigenvalue weighted by Crippen LogP contribution is 2.34. The van der Waals surface area contributed by atoms with E-state index in [4.69, 9.17) is 9.47 Å². The molecule has 2 aromatic rings. The summed E-state index contributed by atoms with van der Waals surface area (Å²) >= 11 is 0. The van der Waals surface area contributed by atoms with Gasteiger partial charge < -0.3 is 14.6 Å². The molecular formula is C16H15NO4. The van der Waals surface area contributed by atoms with Crippen LogP contribution >= 0.6 is 0 Å². The number of carbonyl (C=O) groups is 1. The van der Waals surface area contributed by atoms with E-state index < -0.39 is 5.97 Å². The van der Waals surface area contributed by atoms with Crippen molar-refractivity contribution in [1.82, 2.24) is 0 Å². The highest BCUT2D eigenvalue weighted by molar-refractivity contribution is 5.96. The summed E-state index contributed by atoms with van der Waals surface area (Å²) in [6.07, 6.45) is 1.60. The van der Waals surface area contributed by atoms with Gasteiger partial charge in [0, 0.05) is 18.3 Å². The lowest BCUT2D eigenvalue weighted by molar-refractivity contribution is 0.0697. The number of hydrogen-bond acceptors (Lipinski definition) is 4. The molecule has 0 aliphatic heterocycles. The first-order valence-corrected chi connectivity index (χ1v) is 6.24. The van der Waals surface area contributed by atoms with E-state index in [1.807, 2.05) is 30.3 Å². The Morgan fingerprint density at radius 1 is 1.10 bits per heavy atom. The summed E-state index contributed by atoms with van der Waals surface area (Å²) in [5.74, 6) is -0.285. The van der Waals surface area contributed by atoms with Crippen LogP contribution in [0.1, 0.15) is 15.9 Å². The Morgan fingerprint density at radius 2 is 1.71 bits per heavy atom. The third-order valence-electron chi connectivity index (χ3n) is 2.88. The number of ether oxygens (including phenoxy) is 2. The number of carboxylic acid groups (broad SMARTS) is 1.